The lowest BCUT2D eigenvalue weighted by Gasteiger charge is -2.23. The molecule has 0 saturated carbocycles. The normalized spacial score (nSPS) is 11.3. The van der Waals surface area contributed by atoms with Gasteiger partial charge >= 0.3 is 0 Å². The molecule has 0 N–H and O–H groups in total. The minimum Gasteiger partial charge on any atom is -0.246 e. The Balaban J connectivity index is 1.01. The van der Waals surface area contributed by atoms with E-state index in [4.69, 9.17) is 15.0 Å². The van der Waals surface area contributed by atoms with Gasteiger partial charge in [0.1, 0.15) is 0 Å². The maximum atomic E-state index is 5.67. The molecule has 336 valence electrons. The fourth-order valence-electron chi connectivity index (χ4n) is 10.5. The largest absolute Gasteiger partial charge is 0.246 e. The van der Waals surface area contributed by atoms with E-state index in [9.17, 15) is 0 Å². The molecule has 0 amide bonds. The lowest BCUT2D eigenvalue weighted by atomic mass is 9.83. The third-order valence-corrected chi connectivity index (χ3v) is 13.9. The summed E-state index contributed by atoms with van der Waals surface area (Å²) in [6.07, 6.45) is 0. The second kappa shape index (κ2) is 18.4. The van der Waals surface area contributed by atoms with E-state index in [-0.39, 0.29) is 0 Å². The van der Waals surface area contributed by atoms with Crippen LogP contribution < -0.4 is 0 Å². The first kappa shape index (κ1) is 42.5. The van der Waals surface area contributed by atoms with Crippen LogP contribution in [0, 0.1) is 0 Å². The van der Waals surface area contributed by atoms with Gasteiger partial charge in [0.25, 0.3) is 0 Å². The van der Waals surface area contributed by atoms with Crippen molar-refractivity contribution in [3.05, 3.63) is 273 Å². The van der Waals surface area contributed by atoms with Crippen molar-refractivity contribution in [2.75, 3.05) is 0 Å². The van der Waals surface area contributed by atoms with E-state index in [1.165, 1.54) is 32.3 Å². The van der Waals surface area contributed by atoms with Crippen LogP contribution in [0.15, 0.2) is 273 Å². The van der Waals surface area contributed by atoms with Crippen molar-refractivity contribution in [3.8, 4) is 101 Å². The molecule has 2 aromatic heterocycles. The van der Waals surface area contributed by atoms with Crippen molar-refractivity contribution in [2.45, 2.75) is 0 Å². The van der Waals surface area contributed by atoms with Crippen LogP contribution in [0.4, 0.5) is 0 Å². The first-order valence-corrected chi connectivity index (χ1v) is 24.5. The molecule has 0 aliphatic heterocycles. The summed E-state index contributed by atoms with van der Waals surface area (Å²) in [6, 6.07) is 97.1. The SMILES string of the molecule is c1ccc(-c2cc(-c3cccc(-c4c(-c5ccccc5)c(-c5ccccc5)nc(-c5ccccc5)c4-c4ccccc4)c3)nc(-c3cccc(-c4ccc5c6ccccc6c6ccccc6c5c4)c3)n2)cc1. The summed E-state index contributed by atoms with van der Waals surface area (Å²) in [4.78, 5) is 16.5. The Morgan fingerprint density at radius 3 is 1.07 bits per heavy atom. The highest BCUT2D eigenvalue weighted by Crippen LogP contribution is 2.49. The number of fused-ring (bicyclic) bond motifs is 6. The molecule has 0 bridgehead atoms. The van der Waals surface area contributed by atoms with Gasteiger partial charge in [-0.1, -0.05) is 249 Å². The van der Waals surface area contributed by atoms with Crippen LogP contribution in [0.5, 0.6) is 0 Å². The van der Waals surface area contributed by atoms with Crippen LogP contribution in [0.25, 0.3) is 133 Å². The lowest BCUT2D eigenvalue weighted by molar-refractivity contribution is 1.18. The average molecular weight is 916 g/mol. The van der Waals surface area contributed by atoms with E-state index < -0.39 is 0 Å². The van der Waals surface area contributed by atoms with E-state index in [1.54, 1.807) is 0 Å². The fraction of sp³-hybridized carbons (Fsp3) is 0. The minimum atomic E-state index is 0.660. The van der Waals surface area contributed by atoms with Gasteiger partial charge in [-0.05, 0) is 84.4 Å². The number of rotatable bonds is 9. The Kier molecular flexibility index (Phi) is 10.9. The van der Waals surface area contributed by atoms with Crippen molar-refractivity contribution < 1.29 is 0 Å². The van der Waals surface area contributed by atoms with Gasteiger partial charge in [0, 0.05) is 44.5 Å². The summed E-state index contributed by atoms with van der Waals surface area (Å²) in [5, 5.41) is 7.54. The maximum absolute atomic E-state index is 5.67. The fourth-order valence-corrected chi connectivity index (χ4v) is 10.5. The summed E-state index contributed by atoms with van der Waals surface area (Å²) in [5.41, 5.74) is 17.3. The Labute approximate surface area is 419 Å². The number of aromatic nitrogens is 3. The summed E-state index contributed by atoms with van der Waals surface area (Å²) < 4.78 is 0. The number of nitrogens with zero attached hydrogens (tertiary/aromatic N) is 3. The van der Waals surface area contributed by atoms with Crippen molar-refractivity contribution in [1.82, 2.24) is 15.0 Å². The smallest absolute Gasteiger partial charge is 0.160 e. The van der Waals surface area contributed by atoms with E-state index >= 15 is 0 Å². The topological polar surface area (TPSA) is 38.7 Å². The molecule has 0 fully saturated rings. The molecule has 13 rings (SSSR count). The van der Waals surface area contributed by atoms with Gasteiger partial charge in [-0.2, -0.15) is 0 Å². The Hall–Kier alpha value is -9.57. The standard InChI is InChI=1S/C69H45N3/c1-6-22-46(23-7-1)62-45-63(71-69(70-62)55-35-20-32-51(42-55)52-40-41-60-58-38-17-16-36-56(58)57-37-18-19-39-59(57)61(60)44-52)53-33-21-34-54(43-53)64-65(47-24-8-2-9-25-47)67(49-28-12-4-13-29-49)72-68(50-30-14-5-15-31-50)66(64)48-26-10-3-11-27-48/h1-45H. The molecule has 11 aromatic carbocycles. The van der Waals surface area contributed by atoms with Gasteiger partial charge in [0.05, 0.1) is 22.8 Å². The minimum absolute atomic E-state index is 0.660. The van der Waals surface area contributed by atoms with E-state index in [1.807, 2.05) is 6.07 Å². The quantitative estimate of drug-likeness (QED) is 0.135. The van der Waals surface area contributed by atoms with Gasteiger partial charge in [-0.25, -0.2) is 15.0 Å². The Morgan fingerprint density at radius 1 is 0.181 bits per heavy atom. The average Bonchev–Trinajstić information content (AvgIpc) is 3.47. The molecular formula is C69H45N3. The summed E-state index contributed by atoms with van der Waals surface area (Å²) in [7, 11) is 0. The summed E-state index contributed by atoms with van der Waals surface area (Å²) in [6.45, 7) is 0. The van der Waals surface area contributed by atoms with Crippen molar-refractivity contribution in [2.24, 2.45) is 0 Å². The van der Waals surface area contributed by atoms with E-state index in [0.29, 0.717) is 5.82 Å². The van der Waals surface area contributed by atoms with Gasteiger partial charge in [0.15, 0.2) is 5.82 Å². The zero-order chi connectivity index (χ0) is 47.8. The molecule has 3 heteroatoms. The highest BCUT2D eigenvalue weighted by atomic mass is 14.9. The van der Waals surface area contributed by atoms with Crippen LogP contribution in [0.1, 0.15) is 0 Å². The zero-order valence-electron chi connectivity index (χ0n) is 39.3. The van der Waals surface area contributed by atoms with Crippen molar-refractivity contribution in [3.63, 3.8) is 0 Å². The van der Waals surface area contributed by atoms with Crippen molar-refractivity contribution in [1.29, 1.82) is 0 Å². The molecule has 3 nitrogen and oxygen atoms in total. The van der Waals surface area contributed by atoms with Crippen LogP contribution >= 0.6 is 0 Å². The zero-order valence-corrected chi connectivity index (χ0v) is 39.3. The van der Waals surface area contributed by atoms with Crippen LogP contribution in [0.2, 0.25) is 0 Å². The third-order valence-electron chi connectivity index (χ3n) is 13.9. The number of benzene rings is 11. The highest BCUT2D eigenvalue weighted by Gasteiger charge is 2.26. The predicted molar refractivity (Wildman–Crippen MR) is 301 cm³/mol. The third kappa shape index (κ3) is 7.80. The van der Waals surface area contributed by atoms with E-state index in [2.05, 4.69) is 267 Å². The molecule has 0 radical (unpaired) electrons. The van der Waals surface area contributed by atoms with Gasteiger partial charge in [-0.3, -0.25) is 0 Å². The Morgan fingerprint density at radius 2 is 0.542 bits per heavy atom. The van der Waals surface area contributed by atoms with Gasteiger partial charge in [0.2, 0.25) is 0 Å². The number of hydrogen-bond acceptors (Lipinski definition) is 3. The van der Waals surface area contributed by atoms with E-state index in [0.717, 1.165) is 95.1 Å². The number of hydrogen-bond donors (Lipinski definition) is 0. The predicted octanol–water partition coefficient (Wildman–Crippen LogP) is 18.3. The molecule has 13 aromatic rings. The molecule has 72 heavy (non-hydrogen) atoms. The summed E-state index contributed by atoms with van der Waals surface area (Å²) in [5.74, 6) is 0.660. The second-order valence-electron chi connectivity index (χ2n) is 18.2. The Bertz CT molecular complexity index is 3980. The molecule has 0 spiro atoms. The second-order valence-corrected chi connectivity index (χ2v) is 18.2. The molecule has 2 heterocycles. The van der Waals surface area contributed by atoms with Gasteiger partial charge < -0.3 is 0 Å². The monoisotopic (exact) mass is 915 g/mol. The number of pyridine rings is 1. The van der Waals surface area contributed by atoms with Crippen LogP contribution in [0.3, 0.4) is 0 Å². The molecule has 0 aliphatic carbocycles. The molecular weight excluding hydrogens is 871 g/mol. The lowest BCUT2D eigenvalue weighted by Crippen LogP contribution is -2.02. The first-order valence-electron chi connectivity index (χ1n) is 24.5. The highest BCUT2D eigenvalue weighted by molar-refractivity contribution is 6.25. The first-order chi connectivity index (χ1) is 35.7. The maximum Gasteiger partial charge on any atom is 0.160 e. The van der Waals surface area contributed by atoms with Crippen LogP contribution in [-0.2, 0) is 0 Å². The summed E-state index contributed by atoms with van der Waals surface area (Å²) >= 11 is 0. The van der Waals surface area contributed by atoms with Crippen LogP contribution in [-0.4, -0.2) is 15.0 Å². The van der Waals surface area contributed by atoms with Gasteiger partial charge in [-0.15, -0.1) is 0 Å². The molecule has 0 atom stereocenters. The molecule has 0 aliphatic rings. The molecule has 0 unspecified atom stereocenters. The van der Waals surface area contributed by atoms with Crippen molar-refractivity contribution >= 4 is 32.3 Å². The molecule has 0 saturated heterocycles.